The molecule has 28 heavy (non-hydrogen) atoms. The van der Waals surface area contributed by atoms with Gasteiger partial charge in [0.1, 0.15) is 5.82 Å². The van der Waals surface area contributed by atoms with E-state index in [2.05, 4.69) is 19.1 Å². The van der Waals surface area contributed by atoms with Gasteiger partial charge in [-0.05, 0) is 49.4 Å². The van der Waals surface area contributed by atoms with E-state index in [9.17, 15) is 4.79 Å². The Hall–Kier alpha value is -2.49. The van der Waals surface area contributed by atoms with E-state index in [0.717, 1.165) is 47.1 Å². The molecule has 1 aliphatic carbocycles. The van der Waals surface area contributed by atoms with Gasteiger partial charge in [-0.3, -0.25) is 14.3 Å². The minimum Gasteiger partial charge on any atom is -0.292 e. The van der Waals surface area contributed by atoms with Crippen LogP contribution in [0.3, 0.4) is 0 Å². The summed E-state index contributed by atoms with van der Waals surface area (Å²) < 4.78 is 1.86. The number of aryl methyl sites for hydroxylation is 2. The number of aromatic nitrogens is 3. The second-order valence-electron chi connectivity index (χ2n) is 8.06. The molecule has 4 rings (SSSR count). The topological polar surface area (TPSA) is 47.8 Å². The van der Waals surface area contributed by atoms with Crippen molar-refractivity contribution in [2.24, 2.45) is 0 Å². The zero-order valence-corrected chi connectivity index (χ0v) is 16.9. The van der Waals surface area contributed by atoms with E-state index in [0.29, 0.717) is 12.5 Å². The zero-order valence-electron chi connectivity index (χ0n) is 16.9. The molecular weight excluding hydrogens is 346 g/mol. The SMILES string of the molecule is CCCCc1nc2cccc(C)c2c(=O)n1Cc1ccc(C2CCCC2)nc1. The van der Waals surface area contributed by atoms with Gasteiger partial charge in [0.25, 0.3) is 5.56 Å². The number of benzene rings is 1. The van der Waals surface area contributed by atoms with E-state index >= 15 is 0 Å². The van der Waals surface area contributed by atoms with Gasteiger partial charge in [-0.1, -0.05) is 44.4 Å². The molecule has 0 bridgehead atoms. The predicted molar refractivity (Wildman–Crippen MR) is 114 cm³/mol. The third-order valence-electron chi connectivity index (χ3n) is 5.99. The third kappa shape index (κ3) is 3.73. The Morgan fingerprint density at radius 2 is 1.96 bits per heavy atom. The standard InChI is InChI=1S/C24H29N3O/c1-3-4-12-22-26-21-11-7-8-17(2)23(21)24(28)27(22)16-18-13-14-20(25-15-18)19-9-5-6-10-19/h7-8,11,13-15,19H,3-6,9-10,12,16H2,1-2H3. The van der Waals surface area contributed by atoms with Crippen molar-refractivity contribution in [2.75, 3.05) is 0 Å². The molecule has 4 nitrogen and oxygen atoms in total. The van der Waals surface area contributed by atoms with Crippen molar-refractivity contribution < 1.29 is 0 Å². The fourth-order valence-electron chi connectivity index (χ4n) is 4.34. The van der Waals surface area contributed by atoms with Gasteiger partial charge in [0.05, 0.1) is 17.4 Å². The third-order valence-corrected chi connectivity index (χ3v) is 5.99. The van der Waals surface area contributed by atoms with Crippen LogP contribution in [-0.2, 0) is 13.0 Å². The molecule has 0 radical (unpaired) electrons. The Morgan fingerprint density at radius 3 is 2.68 bits per heavy atom. The lowest BCUT2D eigenvalue weighted by Crippen LogP contribution is -2.26. The van der Waals surface area contributed by atoms with Crippen LogP contribution < -0.4 is 5.56 Å². The average molecular weight is 376 g/mol. The van der Waals surface area contributed by atoms with Crippen LogP contribution in [0.4, 0.5) is 0 Å². The Labute approximate surface area is 166 Å². The monoisotopic (exact) mass is 375 g/mol. The molecule has 2 heterocycles. The molecule has 1 saturated carbocycles. The number of unbranched alkanes of at least 4 members (excludes halogenated alkanes) is 1. The minimum atomic E-state index is 0.0640. The summed E-state index contributed by atoms with van der Waals surface area (Å²) in [5.41, 5.74) is 4.13. The molecule has 1 fully saturated rings. The maximum Gasteiger partial charge on any atom is 0.261 e. The van der Waals surface area contributed by atoms with Crippen LogP contribution >= 0.6 is 0 Å². The Bertz CT molecular complexity index is 1010. The van der Waals surface area contributed by atoms with Crippen LogP contribution in [0.15, 0.2) is 41.3 Å². The second kappa shape index (κ2) is 8.26. The highest BCUT2D eigenvalue weighted by molar-refractivity contribution is 5.81. The van der Waals surface area contributed by atoms with Crippen molar-refractivity contribution in [3.8, 4) is 0 Å². The Kier molecular flexibility index (Phi) is 5.56. The highest BCUT2D eigenvalue weighted by atomic mass is 16.1. The largest absolute Gasteiger partial charge is 0.292 e. The van der Waals surface area contributed by atoms with Crippen LogP contribution in [-0.4, -0.2) is 14.5 Å². The molecule has 0 unspecified atom stereocenters. The first kappa shape index (κ1) is 18.9. The number of nitrogens with zero attached hydrogens (tertiary/aromatic N) is 3. The summed E-state index contributed by atoms with van der Waals surface area (Å²) in [4.78, 5) is 22.9. The average Bonchev–Trinajstić information content (AvgIpc) is 3.24. The second-order valence-corrected chi connectivity index (χ2v) is 8.06. The molecule has 1 aliphatic rings. The normalized spacial score (nSPS) is 14.8. The molecule has 0 aliphatic heterocycles. The van der Waals surface area contributed by atoms with E-state index in [-0.39, 0.29) is 5.56 Å². The van der Waals surface area contributed by atoms with E-state index in [4.69, 9.17) is 9.97 Å². The summed E-state index contributed by atoms with van der Waals surface area (Å²) in [6, 6.07) is 10.2. The van der Waals surface area contributed by atoms with Gasteiger partial charge in [-0.2, -0.15) is 0 Å². The lowest BCUT2D eigenvalue weighted by molar-refractivity contribution is 0.642. The molecule has 0 atom stereocenters. The van der Waals surface area contributed by atoms with E-state index in [1.54, 1.807) is 0 Å². The predicted octanol–water partition coefficient (Wildman–Crippen LogP) is 5.15. The summed E-state index contributed by atoms with van der Waals surface area (Å²) in [5.74, 6) is 1.49. The molecule has 0 N–H and O–H groups in total. The fraction of sp³-hybridized carbons (Fsp3) is 0.458. The molecule has 3 aromatic rings. The maximum absolute atomic E-state index is 13.3. The number of fused-ring (bicyclic) bond motifs is 1. The van der Waals surface area contributed by atoms with Gasteiger partial charge in [0, 0.05) is 24.2 Å². The molecular formula is C24H29N3O. The Balaban J connectivity index is 1.71. The number of pyridine rings is 1. The minimum absolute atomic E-state index is 0.0640. The van der Waals surface area contributed by atoms with Gasteiger partial charge in [-0.25, -0.2) is 4.98 Å². The van der Waals surface area contributed by atoms with Crippen LogP contribution in [0.1, 0.15) is 74.0 Å². The van der Waals surface area contributed by atoms with E-state index in [1.807, 2.05) is 35.9 Å². The molecule has 0 spiro atoms. The lowest BCUT2D eigenvalue weighted by atomic mass is 10.0. The van der Waals surface area contributed by atoms with Gasteiger partial charge in [0.2, 0.25) is 0 Å². The first-order chi connectivity index (χ1) is 13.7. The van der Waals surface area contributed by atoms with Crippen LogP contribution in [0, 0.1) is 6.92 Å². The lowest BCUT2D eigenvalue weighted by Gasteiger charge is -2.15. The highest BCUT2D eigenvalue weighted by Gasteiger charge is 2.18. The summed E-state index contributed by atoms with van der Waals surface area (Å²) in [6.45, 7) is 4.69. The van der Waals surface area contributed by atoms with Crippen molar-refractivity contribution in [3.05, 3.63) is 69.5 Å². The summed E-state index contributed by atoms with van der Waals surface area (Å²) >= 11 is 0. The first-order valence-electron chi connectivity index (χ1n) is 10.6. The molecule has 1 aromatic carbocycles. The first-order valence-corrected chi connectivity index (χ1v) is 10.6. The summed E-state index contributed by atoms with van der Waals surface area (Å²) in [6.07, 6.45) is 10.0. The van der Waals surface area contributed by atoms with Crippen LogP contribution in [0.2, 0.25) is 0 Å². The molecule has 2 aromatic heterocycles. The van der Waals surface area contributed by atoms with Crippen molar-refractivity contribution in [3.63, 3.8) is 0 Å². The quantitative estimate of drug-likeness (QED) is 0.599. The highest BCUT2D eigenvalue weighted by Crippen LogP contribution is 2.32. The molecule has 4 heteroatoms. The van der Waals surface area contributed by atoms with Gasteiger partial charge in [0.15, 0.2) is 0 Å². The van der Waals surface area contributed by atoms with Crippen molar-refractivity contribution in [2.45, 2.75) is 71.3 Å². The summed E-state index contributed by atoms with van der Waals surface area (Å²) in [7, 11) is 0. The van der Waals surface area contributed by atoms with Gasteiger partial charge < -0.3 is 0 Å². The van der Waals surface area contributed by atoms with Crippen molar-refractivity contribution >= 4 is 10.9 Å². The molecule has 0 saturated heterocycles. The van der Waals surface area contributed by atoms with E-state index in [1.165, 1.54) is 31.4 Å². The van der Waals surface area contributed by atoms with Crippen LogP contribution in [0.25, 0.3) is 10.9 Å². The smallest absolute Gasteiger partial charge is 0.261 e. The number of hydrogen-bond donors (Lipinski definition) is 0. The van der Waals surface area contributed by atoms with Gasteiger partial charge in [-0.15, -0.1) is 0 Å². The van der Waals surface area contributed by atoms with E-state index < -0.39 is 0 Å². The van der Waals surface area contributed by atoms with Gasteiger partial charge >= 0.3 is 0 Å². The summed E-state index contributed by atoms with van der Waals surface area (Å²) in [5, 5.41) is 0.735. The van der Waals surface area contributed by atoms with Crippen molar-refractivity contribution in [1.29, 1.82) is 0 Å². The zero-order chi connectivity index (χ0) is 19.5. The maximum atomic E-state index is 13.3. The number of rotatable bonds is 6. The Morgan fingerprint density at radius 1 is 1.14 bits per heavy atom. The molecule has 146 valence electrons. The van der Waals surface area contributed by atoms with Crippen molar-refractivity contribution in [1.82, 2.24) is 14.5 Å². The fourth-order valence-corrected chi connectivity index (χ4v) is 4.34. The molecule has 0 amide bonds. The van der Waals surface area contributed by atoms with Crippen LogP contribution in [0.5, 0.6) is 0 Å². The number of hydrogen-bond acceptors (Lipinski definition) is 3.